The fraction of sp³-hybridized carbons (Fsp3) is 0.100. The Bertz CT molecular complexity index is 486. The van der Waals surface area contributed by atoms with Gasteiger partial charge >= 0.3 is 0 Å². The van der Waals surface area contributed by atoms with Gasteiger partial charge in [-0.3, -0.25) is 4.79 Å². The van der Waals surface area contributed by atoms with E-state index < -0.39 is 0 Å². The van der Waals surface area contributed by atoms with Crippen molar-refractivity contribution in [3.63, 3.8) is 0 Å². The molecule has 0 aromatic carbocycles. The van der Waals surface area contributed by atoms with Crippen LogP contribution in [-0.4, -0.2) is 16.1 Å². The Labute approximate surface area is 105 Å². The summed E-state index contributed by atoms with van der Waals surface area (Å²) in [6.45, 7) is 0.386. The minimum absolute atomic E-state index is 0.104. The van der Waals surface area contributed by atoms with Gasteiger partial charge in [0.1, 0.15) is 4.88 Å². The van der Waals surface area contributed by atoms with Gasteiger partial charge in [0.25, 0.3) is 5.91 Å². The number of nitrogens with one attached hydrogen (secondary N) is 1. The normalized spacial score (nSPS) is 10.1. The molecule has 82 valence electrons. The van der Waals surface area contributed by atoms with Crippen molar-refractivity contribution in [1.82, 2.24) is 15.5 Å². The summed E-state index contributed by atoms with van der Waals surface area (Å²) in [4.78, 5) is 12.4. The molecule has 2 rings (SSSR count). The van der Waals surface area contributed by atoms with Gasteiger partial charge in [0, 0.05) is 10.7 Å². The molecule has 2 aromatic heterocycles. The van der Waals surface area contributed by atoms with E-state index in [1.54, 1.807) is 12.3 Å². The van der Waals surface area contributed by atoms with Crippen LogP contribution in [0.15, 0.2) is 34.2 Å². The topological polar surface area (TPSA) is 54.9 Å². The van der Waals surface area contributed by atoms with Crippen LogP contribution in [0, 0.1) is 0 Å². The predicted molar refractivity (Wildman–Crippen MR) is 65.2 cm³/mol. The summed E-state index contributed by atoms with van der Waals surface area (Å²) < 4.78 is 0.814. The molecule has 0 spiro atoms. The smallest absolute Gasteiger partial charge is 0.262 e. The minimum Gasteiger partial charge on any atom is -0.346 e. The van der Waals surface area contributed by atoms with Gasteiger partial charge in [0.05, 0.1) is 12.2 Å². The van der Waals surface area contributed by atoms with Crippen molar-refractivity contribution in [2.24, 2.45) is 0 Å². The lowest BCUT2D eigenvalue weighted by molar-refractivity contribution is 0.0953. The Morgan fingerprint density at radius 3 is 3.00 bits per heavy atom. The molecule has 0 radical (unpaired) electrons. The number of hydrogen-bond donors (Lipinski definition) is 1. The fourth-order valence-electron chi connectivity index (χ4n) is 1.13. The highest BCUT2D eigenvalue weighted by Crippen LogP contribution is 2.22. The maximum atomic E-state index is 11.7. The molecule has 0 aliphatic carbocycles. The van der Waals surface area contributed by atoms with Gasteiger partial charge in [-0.1, -0.05) is 0 Å². The SMILES string of the molecule is O=C(NCc1cccnn1)c1sccc1Br. The van der Waals surface area contributed by atoms with Gasteiger partial charge in [0.2, 0.25) is 0 Å². The van der Waals surface area contributed by atoms with E-state index in [0.29, 0.717) is 11.4 Å². The van der Waals surface area contributed by atoms with Crippen LogP contribution in [0.2, 0.25) is 0 Å². The van der Waals surface area contributed by atoms with Crippen molar-refractivity contribution in [2.45, 2.75) is 6.54 Å². The summed E-state index contributed by atoms with van der Waals surface area (Å²) in [5.74, 6) is -0.104. The Hall–Kier alpha value is -1.27. The Kier molecular flexibility index (Phi) is 3.63. The van der Waals surface area contributed by atoms with Crippen LogP contribution in [0.25, 0.3) is 0 Å². The average Bonchev–Trinajstić information content (AvgIpc) is 2.74. The van der Waals surface area contributed by atoms with Crippen molar-refractivity contribution in [3.8, 4) is 0 Å². The number of aromatic nitrogens is 2. The summed E-state index contributed by atoms with van der Waals surface area (Å²) in [6.07, 6.45) is 1.60. The molecule has 6 heteroatoms. The number of carbonyl (C=O) groups excluding carboxylic acids is 1. The zero-order valence-corrected chi connectivity index (χ0v) is 10.6. The number of amides is 1. The van der Waals surface area contributed by atoms with E-state index in [2.05, 4.69) is 31.4 Å². The van der Waals surface area contributed by atoms with Crippen LogP contribution in [0.5, 0.6) is 0 Å². The zero-order chi connectivity index (χ0) is 11.4. The molecule has 1 amide bonds. The van der Waals surface area contributed by atoms with E-state index in [-0.39, 0.29) is 5.91 Å². The summed E-state index contributed by atoms with van der Waals surface area (Å²) in [6, 6.07) is 5.45. The number of thiophene rings is 1. The average molecular weight is 298 g/mol. The molecule has 0 aliphatic rings. The highest BCUT2D eigenvalue weighted by molar-refractivity contribution is 9.10. The first kappa shape index (κ1) is 11.2. The first-order chi connectivity index (χ1) is 7.77. The molecule has 1 N–H and O–H groups in total. The van der Waals surface area contributed by atoms with E-state index in [0.717, 1.165) is 10.2 Å². The van der Waals surface area contributed by atoms with Gasteiger partial charge in [-0.15, -0.1) is 11.3 Å². The molecule has 0 bridgehead atoms. The molecule has 0 aliphatic heterocycles. The van der Waals surface area contributed by atoms with Crippen molar-refractivity contribution < 1.29 is 4.79 Å². The van der Waals surface area contributed by atoms with E-state index in [1.165, 1.54) is 11.3 Å². The van der Waals surface area contributed by atoms with E-state index >= 15 is 0 Å². The maximum absolute atomic E-state index is 11.7. The minimum atomic E-state index is -0.104. The van der Waals surface area contributed by atoms with Gasteiger partial charge in [-0.2, -0.15) is 10.2 Å². The van der Waals surface area contributed by atoms with Crippen LogP contribution in [0.3, 0.4) is 0 Å². The quantitative estimate of drug-likeness (QED) is 0.945. The molecule has 0 fully saturated rings. The Morgan fingerprint density at radius 1 is 1.50 bits per heavy atom. The van der Waals surface area contributed by atoms with Gasteiger partial charge in [-0.05, 0) is 39.5 Å². The van der Waals surface area contributed by atoms with Crippen LogP contribution < -0.4 is 5.32 Å². The van der Waals surface area contributed by atoms with E-state index in [4.69, 9.17) is 0 Å². The van der Waals surface area contributed by atoms with Crippen molar-refractivity contribution in [1.29, 1.82) is 0 Å². The first-order valence-corrected chi connectivity index (χ1v) is 6.22. The molecule has 4 nitrogen and oxygen atoms in total. The van der Waals surface area contributed by atoms with Crippen molar-refractivity contribution in [3.05, 3.63) is 44.8 Å². The third-order valence-electron chi connectivity index (χ3n) is 1.88. The molecule has 2 aromatic rings. The van der Waals surface area contributed by atoms with Crippen LogP contribution in [-0.2, 0) is 6.54 Å². The highest BCUT2D eigenvalue weighted by atomic mass is 79.9. The second-order valence-corrected chi connectivity index (χ2v) is 4.77. The summed E-state index contributed by atoms with van der Waals surface area (Å²) in [5.41, 5.74) is 0.739. The van der Waals surface area contributed by atoms with E-state index in [1.807, 2.05) is 17.5 Å². The molecule has 2 heterocycles. The number of rotatable bonds is 3. The molecule has 0 unspecified atom stereocenters. The monoisotopic (exact) mass is 297 g/mol. The summed E-state index contributed by atoms with van der Waals surface area (Å²) in [7, 11) is 0. The summed E-state index contributed by atoms with van der Waals surface area (Å²) >= 11 is 4.71. The fourth-order valence-corrected chi connectivity index (χ4v) is 2.60. The van der Waals surface area contributed by atoms with Crippen molar-refractivity contribution >= 4 is 33.2 Å². The molecular weight excluding hydrogens is 290 g/mol. The lowest BCUT2D eigenvalue weighted by Gasteiger charge is -2.02. The third-order valence-corrected chi connectivity index (χ3v) is 3.72. The lowest BCUT2D eigenvalue weighted by atomic mass is 10.3. The predicted octanol–water partition coefficient (Wildman–Crippen LogP) is 2.23. The van der Waals surface area contributed by atoms with Crippen molar-refractivity contribution in [2.75, 3.05) is 0 Å². The molecule has 16 heavy (non-hydrogen) atoms. The van der Waals surface area contributed by atoms with Crippen LogP contribution >= 0.6 is 27.3 Å². The third kappa shape index (κ3) is 2.65. The second-order valence-electron chi connectivity index (χ2n) is 3.00. The molecular formula is C10H8BrN3OS. The molecule has 0 saturated carbocycles. The van der Waals surface area contributed by atoms with Gasteiger partial charge in [-0.25, -0.2) is 0 Å². The standard InChI is InChI=1S/C10H8BrN3OS/c11-8-3-5-16-9(8)10(15)12-6-7-2-1-4-13-14-7/h1-5H,6H2,(H,12,15). The molecule has 0 saturated heterocycles. The Balaban J connectivity index is 1.97. The summed E-state index contributed by atoms with van der Waals surface area (Å²) in [5, 5.41) is 12.3. The Morgan fingerprint density at radius 2 is 2.38 bits per heavy atom. The van der Waals surface area contributed by atoms with Gasteiger partial charge < -0.3 is 5.32 Å². The lowest BCUT2D eigenvalue weighted by Crippen LogP contribution is -2.22. The highest BCUT2D eigenvalue weighted by Gasteiger charge is 2.10. The number of carbonyl (C=O) groups is 1. The number of hydrogen-bond acceptors (Lipinski definition) is 4. The second kappa shape index (κ2) is 5.18. The van der Waals surface area contributed by atoms with Crippen LogP contribution in [0.1, 0.15) is 15.4 Å². The van der Waals surface area contributed by atoms with Gasteiger partial charge in [0.15, 0.2) is 0 Å². The number of halogens is 1. The maximum Gasteiger partial charge on any atom is 0.262 e. The zero-order valence-electron chi connectivity index (χ0n) is 8.18. The largest absolute Gasteiger partial charge is 0.346 e. The van der Waals surface area contributed by atoms with E-state index in [9.17, 15) is 4.79 Å². The molecule has 0 atom stereocenters. The number of nitrogens with zero attached hydrogens (tertiary/aromatic N) is 2. The first-order valence-electron chi connectivity index (χ1n) is 4.55. The van der Waals surface area contributed by atoms with Crippen LogP contribution in [0.4, 0.5) is 0 Å².